The van der Waals surface area contributed by atoms with Gasteiger partial charge in [0, 0.05) is 33.2 Å². The van der Waals surface area contributed by atoms with E-state index in [1.165, 1.54) is 6.07 Å². The van der Waals surface area contributed by atoms with Crippen molar-refractivity contribution in [2.45, 2.75) is 12.4 Å². The van der Waals surface area contributed by atoms with Crippen LogP contribution in [0, 0.1) is 0 Å². The van der Waals surface area contributed by atoms with Gasteiger partial charge in [0.15, 0.2) is 5.13 Å². The molecule has 1 unspecified atom stereocenters. The number of imidazole rings is 1. The van der Waals surface area contributed by atoms with Gasteiger partial charge in [-0.2, -0.15) is 13.2 Å². The van der Waals surface area contributed by atoms with Crippen molar-refractivity contribution in [2.75, 3.05) is 44.7 Å². The summed E-state index contributed by atoms with van der Waals surface area (Å²) in [5.74, 6) is 0.502. The van der Waals surface area contributed by atoms with E-state index < -0.39 is 18.0 Å². The van der Waals surface area contributed by atoms with Gasteiger partial charge in [0.25, 0.3) is 0 Å². The van der Waals surface area contributed by atoms with Gasteiger partial charge in [-0.1, -0.05) is 17.4 Å². The first-order valence-electron chi connectivity index (χ1n) is 11.2. The Kier molecular flexibility index (Phi) is 6.64. The summed E-state index contributed by atoms with van der Waals surface area (Å²) >= 11 is 1.13. The van der Waals surface area contributed by atoms with Crippen LogP contribution in [-0.2, 0) is 18.0 Å². The van der Waals surface area contributed by atoms with E-state index in [1.54, 1.807) is 0 Å². The highest BCUT2D eigenvalue weighted by atomic mass is 32.1. The maximum absolute atomic E-state index is 13.0. The normalized spacial score (nSPS) is 16.3. The van der Waals surface area contributed by atoms with Crippen molar-refractivity contribution in [3.8, 4) is 0 Å². The largest absolute Gasteiger partial charge is 0.416 e. The van der Waals surface area contributed by atoms with E-state index in [4.69, 9.17) is 4.74 Å². The van der Waals surface area contributed by atoms with Crippen molar-refractivity contribution < 1.29 is 23.0 Å². The summed E-state index contributed by atoms with van der Waals surface area (Å²) in [6.45, 7) is 4.73. The summed E-state index contributed by atoms with van der Waals surface area (Å²) in [5.41, 5.74) is 2.01. The molecule has 2 aromatic carbocycles. The smallest absolute Gasteiger partial charge is 0.379 e. The molecule has 0 bridgehead atoms. The Hall–Kier alpha value is -2.77. The molecule has 8 nitrogen and oxygen atoms in total. The maximum atomic E-state index is 13.0. The van der Waals surface area contributed by atoms with Crippen molar-refractivity contribution in [3.63, 3.8) is 0 Å². The fourth-order valence-electron chi connectivity index (χ4n) is 4.05. The average Bonchev–Trinajstić information content (AvgIpc) is 3.38. The van der Waals surface area contributed by atoms with Gasteiger partial charge in [-0.3, -0.25) is 10.2 Å². The van der Waals surface area contributed by atoms with E-state index in [1.807, 2.05) is 29.8 Å². The first-order chi connectivity index (χ1) is 16.8. The Balaban J connectivity index is 1.29. The number of morpholine rings is 1. The van der Waals surface area contributed by atoms with Gasteiger partial charge in [-0.05, 0) is 35.9 Å². The highest BCUT2D eigenvalue weighted by molar-refractivity contribution is 7.22. The number of aromatic nitrogens is 3. The average molecular weight is 507 g/mol. The molecule has 0 aliphatic carbocycles. The minimum absolute atomic E-state index is 0.439. The van der Waals surface area contributed by atoms with E-state index in [0.29, 0.717) is 38.9 Å². The third kappa shape index (κ3) is 5.26. The van der Waals surface area contributed by atoms with Gasteiger partial charge >= 0.3 is 6.18 Å². The van der Waals surface area contributed by atoms with Crippen molar-refractivity contribution in [1.82, 2.24) is 24.8 Å². The molecule has 1 aliphatic heterocycles. The van der Waals surface area contributed by atoms with Crippen LogP contribution in [0.4, 0.5) is 24.3 Å². The molecule has 0 saturated carbocycles. The molecule has 0 amide bonds. The highest BCUT2D eigenvalue weighted by Gasteiger charge is 2.30. The maximum Gasteiger partial charge on any atom is 0.416 e. The summed E-state index contributed by atoms with van der Waals surface area (Å²) in [7, 11) is 1.84. The molecule has 1 atom stereocenters. The number of aliphatic hydroxyl groups excluding tert-OH is 1. The molecule has 3 heterocycles. The predicted molar refractivity (Wildman–Crippen MR) is 129 cm³/mol. The number of alkyl halides is 3. The van der Waals surface area contributed by atoms with Crippen LogP contribution in [0.5, 0.6) is 0 Å². The zero-order chi connectivity index (χ0) is 24.6. The van der Waals surface area contributed by atoms with Crippen molar-refractivity contribution in [1.29, 1.82) is 0 Å². The fraction of sp³-hybridized carbons (Fsp3) is 0.391. The van der Waals surface area contributed by atoms with E-state index in [-0.39, 0.29) is 0 Å². The zero-order valence-electron chi connectivity index (χ0n) is 19.0. The highest BCUT2D eigenvalue weighted by Crippen LogP contribution is 2.35. The van der Waals surface area contributed by atoms with Crippen LogP contribution < -0.4 is 10.6 Å². The predicted octanol–water partition coefficient (Wildman–Crippen LogP) is 3.86. The Labute approximate surface area is 203 Å². The molecule has 2 aromatic heterocycles. The van der Waals surface area contributed by atoms with Crippen molar-refractivity contribution in [3.05, 3.63) is 47.5 Å². The van der Waals surface area contributed by atoms with Gasteiger partial charge < -0.3 is 19.7 Å². The van der Waals surface area contributed by atoms with Gasteiger partial charge in [0.1, 0.15) is 6.23 Å². The fourth-order valence-corrected chi connectivity index (χ4v) is 4.95. The molecule has 1 aliphatic rings. The molecule has 4 aromatic rings. The van der Waals surface area contributed by atoms with Crippen LogP contribution in [0.15, 0.2) is 36.4 Å². The monoisotopic (exact) mass is 506 g/mol. The van der Waals surface area contributed by atoms with Gasteiger partial charge in [0.2, 0.25) is 5.95 Å². The molecule has 1 saturated heterocycles. The number of thiazole rings is 1. The number of hydrogen-bond donors (Lipinski definition) is 3. The minimum Gasteiger partial charge on any atom is -0.379 e. The van der Waals surface area contributed by atoms with Gasteiger partial charge in [0.05, 0.1) is 40.0 Å². The number of aryl methyl sites for hydroxylation is 1. The van der Waals surface area contributed by atoms with Gasteiger partial charge in [-0.25, -0.2) is 9.97 Å². The van der Waals surface area contributed by atoms with Crippen LogP contribution in [0.2, 0.25) is 0 Å². The third-order valence-corrected chi connectivity index (χ3v) is 6.96. The second-order valence-electron chi connectivity index (χ2n) is 8.38. The van der Waals surface area contributed by atoms with Gasteiger partial charge in [-0.15, -0.1) is 0 Å². The lowest BCUT2D eigenvalue weighted by molar-refractivity contribution is -0.137. The van der Waals surface area contributed by atoms with Crippen LogP contribution in [-0.4, -0.2) is 63.9 Å². The lowest BCUT2D eigenvalue weighted by Gasteiger charge is -2.27. The van der Waals surface area contributed by atoms with Crippen molar-refractivity contribution in [2.24, 2.45) is 7.05 Å². The number of halogens is 3. The Morgan fingerprint density at radius 1 is 1.11 bits per heavy atom. The quantitative estimate of drug-likeness (QED) is 0.328. The number of ether oxygens (including phenoxy) is 1. The number of nitrogens with one attached hydrogen (secondary N) is 2. The first kappa shape index (κ1) is 23.9. The standard InChI is InChI=1S/C23H25F3N6O2S/c1-31-18-5-2-14(20(33)27-6-7-32-8-10-34-11-9-32)12-17(18)28-21(31)30-22-29-16-4-3-15(23(24,25)26)13-19(16)35-22/h2-5,12-13,20,27,33H,6-11H2,1H3,(H,28,29,30). The molecular weight excluding hydrogens is 481 g/mol. The van der Waals surface area contributed by atoms with E-state index in [0.717, 1.165) is 61.8 Å². The number of nitrogens with zero attached hydrogens (tertiary/aromatic N) is 4. The molecule has 5 rings (SSSR count). The molecule has 0 spiro atoms. The second-order valence-corrected chi connectivity index (χ2v) is 9.41. The van der Waals surface area contributed by atoms with Crippen LogP contribution in [0.25, 0.3) is 21.3 Å². The van der Waals surface area contributed by atoms with Crippen LogP contribution >= 0.6 is 11.3 Å². The summed E-state index contributed by atoms with van der Waals surface area (Å²) in [6.07, 6.45) is -5.23. The summed E-state index contributed by atoms with van der Waals surface area (Å²) in [5, 5.41) is 17.3. The topological polar surface area (TPSA) is 87.5 Å². The number of hydrogen-bond acceptors (Lipinski definition) is 8. The molecule has 0 radical (unpaired) electrons. The minimum atomic E-state index is -4.40. The van der Waals surface area contributed by atoms with Crippen LogP contribution in [0.1, 0.15) is 17.4 Å². The molecular formula is C23H25F3N6O2S. The SMILES string of the molecule is Cn1c(Nc2nc3ccc(C(F)(F)F)cc3s2)nc2cc(C(O)NCCN3CCOCC3)ccc21. The van der Waals surface area contributed by atoms with Crippen molar-refractivity contribution >= 4 is 43.7 Å². The van der Waals surface area contributed by atoms with E-state index >= 15 is 0 Å². The Morgan fingerprint density at radius 3 is 2.69 bits per heavy atom. The van der Waals surface area contributed by atoms with E-state index in [9.17, 15) is 18.3 Å². The molecule has 1 fully saturated rings. The van der Waals surface area contributed by atoms with Crippen LogP contribution in [0.3, 0.4) is 0 Å². The molecule has 35 heavy (non-hydrogen) atoms. The number of rotatable bonds is 7. The molecule has 186 valence electrons. The Bertz CT molecular complexity index is 1330. The zero-order valence-corrected chi connectivity index (χ0v) is 19.8. The Morgan fingerprint density at radius 2 is 1.91 bits per heavy atom. The summed E-state index contributed by atoms with van der Waals surface area (Å²) < 4.78 is 46.7. The number of anilines is 2. The summed E-state index contributed by atoms with van der Waals surface area (Å²) in [4.78, 5) is 11.3. The number of fused-ring (bicyclic) bond motifs is 2. The number of benzene rings is 2. The lowest BCUT2D eigenvalue weighted by atomic mass is 10.1. The second kappa shape index (κ2) is 9.70. The number of aliphatic hydroxyl groups is 1. The third-order valence-electron chi connectivity index (χ3n) is 6.02. The molecule has 3 N–H and O–H groups in total. The summed E-state index contributed by atoms with van der Waals surface area (Å²) in [6, 6.07) is 9.05. The van der Waals surface area contributed by atoms with E-state index in [2.05, 4.69) is 25.5 Å². The first-order valence-corrected chi connectivity index (χ1v) is 12.0. The molecule has 12 heteroatoms. The lowest BCUT2D eigenvalue weighted by Crippen LogP contribution is -2.40.